The van der Waals surface area contributed by atoms with Crippen LogP contribution in [-0.2, 0) is 0 Å². The Kier molecular flexibility index (Phi) is 4.97. The molecule has 27 heavy (non-hydrogen) atoms. The zero-order valence-electron chi connectivity index (χ0n) is 14.4. The van der Waals surface area contributed by atoms with E-state index in [1.54, 1.807) is 34.9 Å². The first-order chi connectivity index (χ1) is 13.0. The third kappa shape index (κ3) is 3.27. The molecule has 0 atom stereocenters. The molecule has 0 spiro atoms. The summed E-state index contributed by atoms with van der Waals surface area (Å²) in [6.45, 7) is 1.63. The Bertz CT molecular complexity index is 1040. The minimum Gasteiger partial charge on any atom is -0.476 e. The molecule has 2 heterocycles. The van der Waals surface area contributed by atoms with Crippen molar-refractivity contribution in [1.82, 2.24) is 4.57 Å². The second-order valence-electron chi connectivity index (χ2n) is 6.65. The Balaban J connectivity index is 2.10. The SMILES string of the molecule is O=C(O)c1c(N2CCCCC2)c2cc(Cl)c(Cl)cc2n1-c1cccc(Cl)c1. The standard InChI is InChI=1S/C20H17Cl3N2O2/c21-12-5-4-6-13(9-12)25-17-11-16(23)15(22)10-14(17)18(19(25)20(26)27)24-7-2-1-3-8-24/h4-6,9-11H,1-3,7-8H2,(H,26,27). The van der Waals surface area contributed by atoms with E-state index in [1.165, 1.54) is 0 Å². The van der Waals surface area contributed by atoms with Crippen LogP contribution in [0.1, 0.15) is 29.8 Å². The summed E-state index contributed by atoms with van der Waals surface area (Å²) in [6.07, 6.45) is 3.22. The van der Waals surface area contributed by atoms with Gasteiger partial charge < -0.3 is 14.6 Å². The minimum atomic E-state index is -1.00. The summed E-state index contributed by atoms with van der Waals surface area (Å²) >= 11 is 18.7. The molecule has 1 aromatic heterocycles. The number of carbonyl (C=O) groups is 1. The van der Waals surface area contributed by atoms with Crippen LogP contribution in [0.25, 0.3) is 16.6 Å². The van der Waals surface area contributed by atoms with E-state index >= 15 is 0 Å². The van der Waals surface area contributed by atoms with Crippen LogP contribution < -0.4 is 4.90 Å². The van der Waals surface area contributed by atoms with Crippen LogP contribution in [0.5, 0.6) is 0 Å². The van der Waals surface area contributed by atoms with E-state index in [1.807, 2.05) is 6.07 Å². The van der Waals surface area contributed by atoms with Gasteiger partial charge in [-0.15, -0.1) is 0 Å². The van der Waals surface area contributed by atoms with Gasteiger partial charge in [-0.1, -0.05) is 40.9 Å². The molecule has 0 saturated carbocycles. The van der Waals surface area contributed by atoms with Crippen LogP contribution in [0.15, 0.2) is 36.4 Å². The molecule has 1 fully saturated rings. The number of halogens is 3. The highest BCUT2D eigenvalue weighted by Gasteiger charge is 2.28. The molecule has 0 unspecified atom stereocenters. The van der Waals surface area contributed by atoms with Gasteiger partial charge in [0.1, 0.15) is 0 Å². The Morgan fingerprint density at radius 3 is 2.33 bits per heavy atom. The van der Waals surface area contributed by atoms with E-state index in [0.717, 1.165) is 37.7 Å². The molecule has 4 nitrogen and oxygen atoms in total. The van der Waals surface area contributed by atoms with Crippen LogP contribution in [0.3, 0.4) is 0 Å². The summed E-state index contributed by atoms with van der Waals surface area (Å²) in [7, 11) is 0. The zero-order valence-corrected chi connectivity index (χ0v) is 16.7. The smallest absolute Gasteiger partial charge is 0.355 e. The molecule has 1 saturated heterocycles. The van der Waals surface area contributed by atoms with Crippen molar-refractivity contribution in [3.8, 4) is 5.69 Å². The van der Waals surface area contributed by atoms with Crippen molar-refractivity contribution in [2.24, 2.45) is 0 Å². The summed E-state index contributed by atoms with van der Waals surface area (Å²) in [6, 6.07) is 10.6. The summed E-state index contributed by atoms with van der Waals surface area (Å²) < 4.78 is 1.70. The van der Waals surface area contributed by atoms with E-state index in [4.69, 9.17) is 34.8 Å². The normalized spacial score (nSPS) is 14.7. The average Bonchev–Trinajstić information content (AvgIpc) is 2.97. The maximum absolute atomic E-state index is 12.3. The predicted molar refractivity (Wildman–Crippen MR) is 111 cm³/mol. The van der Waals surface area contributed by atoms with Gasteiger partial charge >= 0.3 is 5.97 Å². The minimum absolute atomic E-state index is 0.201. The highest BCUT2D eigenvalue weighted by Crippen LogP contribution is 2.41. The zero-order chi connectivity index (χ0) is 19.1. The molecular formula is C20H17Cl3N2O2. The van der Waals surface area contributed by atoms with Gasteiger partial charge in [-0.2, -0.15) is 0 Å². The molecule has 7 heteroatoms. The first-order valence-corrected chi connectivity index (χ1v) is 9.88. The third-order valence-electron chi connectivity index (χ3n) is 4.92. The number of aromatic nitrogens is 1. The van der Waals surface area contributed by atoms with Gasteiger partial charge in [-0.25, -0.2) is 4.79 Å². The summed E-state index contributed by atoms with van der Waals surface area (Å²) in [5.41, 5.74) is 2.26. The number of piperidine rings is 1. The molecule has 1 aliphatic heterocycles. The van der Waals surface area contributed by atoms with Gasteiger partial charge in [0.25, 0.3) is 0 Å². The van der Waals surface area contributed by atoms with Crippen LogP contribution in [0.2, 0.25) is 15.1 Å². The van der Waals surface area contributed by atoms with Gasteiger partial charge in [0, 0.05) is 29.2 Å². The fourth-order valence-electron chi connectivity index (χ4n) is 3.78. The lowest BCUT2D eigenvalue weighted by atomic mass is 10.1. The quantitative estimate of drug-likeness (QED) is 0.539. The maximum atomic E-state index is 12.3. The van der Waals surface area contributed by atoms with Crippen molar-refractivity contribution in [2.45, 2.75) is 19.3 Å². The fraction of sp³-hybridized carbons (Fsp3) is 0.250. The predicted octanol–water partition coefficient (Wildman–Crippen LogP) is 6.28. The Morgan fingerprint density at radius 1 is 0.963 bits per heavy atom. The molecular weight excluding hydrogens is 407 g/mol. The number of carboxylic acid groups (broad SMARTS) is 1. The van der Waals surface area contributed by atoms with Gasteiger partial charge in [-0.3, -0.25) is 0 Å². The number of aromatic carboxylic acids is 1. The number of benzene rings is 2. The van der Waals surface area contributed by atoms with Crippen LogP contribution >= 0.6 is 34.8 Å². The van der Waals surface area contributed by atoms with Crippen molar-refractivity contribution in [2.75, 3.05) is 18.0 Å². The molecule has 3 aromatic rings. The number of nitrogens with zero attached hydrogens (tertiary/aromatic N) is 2. The first kappa shape index (κ1) is 18.5. The number of anilines is 1. The number of carboxylic acids is 1. The Morgan fingerprint density at radius 2 is 1.67 bits per heavy atom. The Labute approximate surface area is 171 Å². The second kappa shape index (κ2) is 7.27. The Hall–Kier alpha value is -1.88. The first-order valence-electron chi connectivity index (χ1n) is 8.75. The largest absolute Gasteiger partial charge is 0.476 e. The van der Waals surface area contributed by atoms with Crippen molar-refractivity contribution < 1.29 is 9.90 Å². The molecule has 1 aliphatic rings. The molecule has 0 amide bonds. The van der Waals surface area contributed by atoms with Crippen molar-refractivity contribution in [3.63, 3.8) is 0 Å². The molecule has 4 rings (SSSR count). The number of fused-ring (bicyclic) bond motifs is 1. The van der Waals surface area contributed by atoms with Gasteiger partial charge in [0.2, 0.25) is 0 Å². The van der Waals surface area contributed by atoms with E-state index in [9.17, 15) is 9.90 Å². The van der Waals surface area contributed by atoms with Gasteiger partial charge in [0.15, 0.2) is 5.69 Å². The van der Waals surface area contributed by atoms with E-state index in [-0.39, 0.29) is 5.69 Å². The summed E-state index contributed by atoms with van der Waals surface area (Å²) in [4.78, 5) is 14.5. The lowest BCUT2D eigenvalue weighted by Crippen LogP contribution is -2.30. The van der Waals surface area contributed by atoms with Gasteiger partial charge in [-0.05, 0) is 49.6 Å². The topological polar surface area (TPSA) is 45.5 Å². The second-order valence-corrected chi connectivity index (χ2v) is 7.90. The highest BCUT2D eigenvalue weighted by atomic mass is 35.5. The molecule has 1 N–H and O–H groups in total. The summed E-state index contributed by atoms with van der Waals surface area (Å²) in [5, 5.41) is 12.2. The molecule has 0 aliphatic carbocycles. The monoisotopic (exact) mass is 422 g/mol. The van der Waals surface area contributed by atoms with E-state index in [0.29, 0.717) is 32.0 Å². The van der Waals surface area contributed by atoms with E-state index in [2.05, 4.69) is 4.90 Å². The third-order valence-corrected chi connectivity index (χ3v) is 5.88. The van der Waals surface area contributed by atoms with Gasteiger partial charge in [0.05, 0.1) is 21.2 Å². The van der Waals surface area contributed by atoms with Crippen LogP contribution in [-0.4, -0.2) is 28.7 Å². The number of hydrogen-bond donors (Lipinski definition) is 1. The number of hydrogen-bond acceptors (Lipinski definition) is 2. The molecule has 2 aromatic carbocycles. The lowest BCUT2D eigenvalue weighted by Gasteiger charge is -2.29. The van der Waals surface area contributed by atoms with Crippen molar-refractivity contribution >= 4 is 57.4 Å². The molecule has 140 valence electrons. The highest BCUT2D eigenvalue weighted by molar-refractivity contribution is 6.43. The molecule has 0 bridgehead atoms. The number of rotatable bonds is 3. The maximum Gasteiger partial charge on any atom is 0.355 e. The fourth-order valence-corrected chi connectivity index (χ4v) is 4.29. The van der Waals surface area contributed by atoms with Crippen molar-refractivity contribution in [3.05, 3.63) is 57.2 Å². The average molecular weight is 424 g/mol. The van der Waals surface area contributed by atoms with Crippen LogP contribution in [0.4, 0.5) is 5.69 Å². The van der Waals surface area contributed by atoms with Crippen LogP contribution in [0, 0.1) is 0 Å². The summed E-state index contributed by atoms with van der Waals surface area (Å²) in [5.74, 6) is -1.00. The van der Waals surface area contributed by atoms with Crippen molar-refractivity contribution in [1.29, 1.82) is 0 Å². The van der Waals surface area contributed by atoms with E-state index < -0.39 is 5.97 Å². The lowest BCUT2D eigenvalue weighted by molar-refractivity contribution is 0.0689. The molecule has 0 radical (unpaired) electrons.